The first kappa shape index (κ1) is 19.4. The predicted molar refractivity (Wildman–Crippen MR) is 101 cm³/mol. The van der Waals surface area contributed by atoms with E-state index in [4.69, 9.17) is 9.84 Å². The lowest BCUT2D eigenvalue weighted by atomic mass is 10.4. The number of ether oxygens (including phenoxy) is 1. The van der Waals surface area contributed by atoms with Crippen LogP contribution < -0.4 is 16.0 Å². The molecule has 11 heteroatoms. The minimum Gasteiger partial charge on any atom is -0.479 e. The standard InChI is InChI=1S/C17H22N6O5/c1-4-6-22-15-13(16(26)23(7-5-2)17(22)27)18-14(19-15)10-8-11(21(3)20-10)28-9-12(24)25/h8H,4-7,9H2,1-3H3,(H,18,19)(H,24,25). The molecule has 3 heterocycles. The van der Waals surface area contributed by atoms with E-state index in [2.05, 4.69) is 15.1 Å². The summed E-state index contributed by atoms with van der Waals surface area (Å²) < 4.78 is 9.24. The zero-order valence-corrected chi connectivity index (χ0v) is 15.9. The summed E-state index contributed by atoms with van der Waals surface area (Å²) in [6, 6.07) is 1.52. The van der Waals surface area contributed by atoms with Crippen LogP contribution in [0.5, 0.6) is 5.88 Å². The number of fused-ring (bicyclic) bond motifs is 1. The quantitative estimate of drug-likeness (QED) is 0.573. The van der Waals surface area contributed by atoms with Crippen molar-refractivity contribution in [2.24, 2.45) is 7.05 Å². The third kappa shape index (κ3) is 3.42. The van der Waals surface area contributed by atoms with E-state index < -0.39 is 18.1 Å². The number of nitrogens with zero attached hydrogens (tertiary/aromatic N) is 5. The molecule has 0 saturated heterocycles. The van der Waals surface area contributed by atoms with Crippen molar-refractivity contribution in [3.8, 4) is 17.4 Å². The zero-order valence-electron chi connectivity index (χ0n) is 15.9. The van der Waals surface area contributed by atoms with E-state index >= 15 is 0 Å². The Labute approximate surface area is 159 Å². The van der Waals surface area contributed by atoms with Gasteiger partial charge in [-0.1, -0.05) is 13.8 Å². The summed E-state index contributed by atoms with van der Waals surface area (Å²) in [5, 5.41) is 13.0. The molecule has 0 atom stereocenters. The minimum atomic E-state index is -1.11. The summed E-state index contributed by atoms with van der Waals surface area (Å²) in [6.45, 7) is 4.08. The van der Waals surface area contributed by atoms with Gasteiger partial charge in [-0.05, 0) is 12.8 Å². The van der Waals surface area contributed by atoms with Crippen molar-refractivity contribution < 1.29 is 14.6 Å². The Hall–Kier alpha value is -3.37. The number of hydrogen-bond acceptors (Lipinski definition) is 6. The van der Waals surface area contributed by atoms with Crippen LogP contribution in [0.3, 0.4) is 0 Å². The van der Waals surface area contributed by atoms with Gasteiger partial charge in [-0.2, -0.15) is 5.10 Å². The van der Waals surface area contributed by atoms with Crippen molar-refractivity contribution in [1.82, 2.24) is 28.9 Å². The van der Waals surface area contributed by atoms with Crippen LogP contribution in [0.1, 0.15) is 26.7 Å². The number of hydrogen-bond donors (Lipinski definition) is 2. The first-order valence-corrected chi connectivity index (χ1v) is 8.99. The van der Waals surface area contributed by atoms with Gasteiger partial charge in [0.15, 0.2) is 18.1 Å². The molecule has 3 rings (SSSR count). The van der Waals surface area contributed by atoms with Crippen LogP contribution in [0.25, 0.3) is 22.7 Å². The predicted octanol–water partition coefficient (Wildman–Crippen LogP) is 0.570. The van der Waals surface area contributed by atoms with E-state index in [0.717, 1.165) is 0 Å². The van der Waals surface area contributed by atoms with Crippen molar-refractivity contribution in [2.75, 3.05) is 6.61 Å². The highest BCUT2D eigenvalue weighted by Crippen LogP contribution is 2.22. The summed E-state index contributed by atoms with van der Waals surface area (Å²) in [5.74, 6) is -0.565. The second-order valence-corrected chi connectivity index (χ2v) is 6.35. The molecule has 0 aliphatic rings. The maximum absolute atomic E-state index is 12.8. The molecule has 0 fully saturated rings. The van der Waals surface area contributed by atoms with Gasteiger partial charge in [0.2, 0.25) is 5.88 Å². The van der Waals surface area contributed by atoms with Crippen LogP contribution in [-0.2, 0) is 24.9 Å². The number of carbonyl (C=O) groups is 1. The molecule has 0 bridgehead atoms. The van der Waals surface area contributed by atoms with Gasteiger partial charge in [0.1, 0.15) is 11.2 Å². The Balaban J connectivity index is 2.14. The van der Waals surface area contributed by atoms with Gasteiger partial charge < -0.3 is 14.8 Å². The van der Waals surface area contributed by atoms with E-state index in [0.29, 0.717) is 37.4 Å². The van der Waals surface area contributed by atoms with Crippen molar-refractivity contribution >= 4 is 17.1 Å². The van der Waals surface area contributed by atoms with Crippen molar-refractivity contribution in [3.05, 3.63) is 26.9 Å². The fourth-order valence-electron chi connectivity index (χ4n) is 2.97. The topological polar surface area (TPSA) is 137 Å². The van der Waals surface area contributed by atoms with Gasteiger partial charge in [0.05, 0.1) is 0 Å². The van der Waals surface area contributed by atoms with Gasteiger partial charge in [0.25, 0.3) is 5.56 Å². The van der Waals surface area contributed by atoms with E-state index in [1.807, 2.05) is 13.8 Å². The molecule has 0 radical (unpaired) electrons. The highest BCUT2D eigenvalue weighted by molar-refractivity contribution is 5.75. The van der Waals surface area contributed by atoms with Crippen LogP contribution in [0.15, 0.2) is 15.7 Å². The summed E-state index contributed by atoms with van der Waals surface area (Å²) in [6.07, 6.45) is 1.36. The van der Waals surface area contributed by atoms with E-state index in [1.165, 1.54) is 19.9 Å². The third-order valence-electron chi connectivity index (χ3n) is 4.18. The van der Waals surface area contributed by atoms with Crippen LogP contribution >= 0.6 is 0 Å². The SMILES string of the molecule is CCCn1c(=O)c2[nH]c(-c3cc(OCC(=O)O)n(C)n3)nc2n(CCC)c1=O. The van der Waals surface area contributed by atoms with Crippen molar-refractivity contribution in [3.63, 3.8) is 0 Å². The minimum absolute atomic E-state index is 0.232. The van der Waals surface area contributed by atoms with Gasteiger partial charge in [-0.25, -0.2) is 19.3 Å². The Bertz CT molecular complexity index is 1140. The van der Waals surface area contributed by atoms with Crippen molar-refractivity contribution in [1.29, 1.82) is 0 Å². The van der Waals surface area contributed by atoms with Crippen LogP contribution in [0, 0.1) is 0 Å². The molecule has 150 valence electrons. The van der Waals surface area contributed by atoms with Gasteiger partial charge in [-0.15, -0.1) is 0 Å². The van der Waals surface area contributed by atoms with Crippen LogP contribution in [0.4, 0.5) is 0 Å². The first-order chi connectivity index (χ1) is 13.4. The lowest BCUT2D eigenvalue weighted by Gasteiger charge is -2.09. The normalized spacial score (nSPS) is 11.2. The molecule has 3 aromatic heterocycles. The molecule has 0 aromatic carbocycles. The summed E-state index contributed by atoms with van der Waals surface area (Å²) in [4.78, 5) is 43.5. The molecule has 0 aliphatic heterocycles. The second-order valence-electron chi connectivity index (χ2n) is 6.35. The first-order valence-electron chi connectivity index (χ1n) is 8.99. The number of carboxylic acid groups (broad SMARTS) is 1. The number of imidazole rings is 1. The number of aromatic amines is 1. The monoisotopic (exact) mass is 390 g/mol. The molecule has 2 N–H and O–H groups in total. The Kier molecular flexibility index (Phi) is 5.34. The van der Waals surface area contributed by atoms with Gasteiger partial charge in [-0.3, -0.25) is 13.9 Å². The summed E-state index contributed by atoms with van der Waals surface area (Å²) >= 11 is 0. The van der Waals surface area contributed by atoms with Gasteiger partial charge in [0, 0.05) is 26.2 Å². The fraction of sp³-hybridized carbons (Fsp3) is 0.471. The molecule has 28 heavy (non-hydrogen) atoms. The van der Waals surface area contributed by atoms with Crippen LogP contribution in [0.2, 0.25) is 0 Å². The molecule has 0 unspecified atom stereocenters. The highest BCUT2D eigenvalue weighted by atomic mass is 16.5. The Morgan fingerprint density at radius 1 is 1.21 bits per heavy atom. The second kappa shape index (κ2) is 7.71. The average molecular weight is 390 g/mol. The van der Waals surface area contributed by atoms with Crippen molar-refractivity contribution in [2.45, 2.75) is 39.8 Å². The average Bonchev–Trinajstić information content (AvgIpc) is 3.24. The highest BCUT2D eigenvalue weighted by Gasteiger charge is 2.19. The lowest BCUT2D eigenvalue weighted by Crippen LogP contribution is -2.40. The Morgan fingerprint density at radius 3 is 2.54 bits per heavy atom. The maximum Gasteiger partial charge on any atom is 0.341 e. The Morgan fingerprint density at radius 2 is 1.89 bits per heavy atom. The molecule has 11 nitrogen and oxygen atoms in total. The molecule has 0 aliphatic carbocycles. The molecular weight excluding hydrogens is 368 g/mol. The number of aryl methyl sites for hydroxylation is 2. The number of aromatic nitrogens is 6. The number of rotatable bonds is 8. The van der Waals surface area contributed by atoms with E-state index in [-0.39, 0.29) is 22.7 Å². The molecule has 3 aromatic rings. The number of aliphatic carboxylic acids is 1. The lowest BCUT2D eigenvalue weighted by molar-refractivity contribution is -0.139. The van der Waals surface area contributed by atoms with E-state index in [9.17, 15) is 14.4 Å². The van der Waals surface area contributed by atoms with E-state index in [1.54, 1.807) is 7.05 Å². The molecular formula is C17H22N6O5. The zero-order chi connectivity index (χ0) is 20.4. The smallest absolute Gasteiger partial charge is 0.341 e. The van der Waals surface area contributed by atoms with Crippen LogP contribution in [-0.4, -0.2) is 46.6 Å². The van der Waals surface area contributed by atoms with Gasteiger partial charge >= 0.3 is 11.7 Å². The number of H-pyrrole nitrogens is 1. The largest absolute Gasteiger partial charge is 0.479 e. The molecule has 0 saturated carbocycles. The number of carboxylic acids is 1. The number of nitrogens with one attached hydrogen (secondary N) is 1. The maximum atomic E-state index is 12.8. The summed E-state index contributed by atoms with van der Waals surface area (Å²) in [7, 11) is 1.60. The fourth-order valence-corrected chi connectivity index (χ4v) is 2.97. The third-order valence-corrected chi connectivity index (χ3v) is 4.18. The summed E-state index contributed by atoms with van der Waals surface area (Å²) in [5.41, 5.74) is 0.0704. The molecule has 0 spiro atoms. The molecule has 0 amide bonds.